The number of halogens is 1. The molecular weight excluding hydrogens is 378 g/mol. The first-order valence-corrected chi connectivity index (χ1v) is 8.83. The van der Waals surface area contributed by atoms with Gasteiger partial charge in [0.15, 0.2) is 0 Å². The molecule has 0 saturated carbocycles. The first-order chi connectivity index (χ1) is 13.4. The molecule has 0 aliphatic heterocycles. The van der Waals surface area contributed by atoms with Crippen LogP contribution >= 0.6 is 11.6 Å². The van der Waals surface area contributed by atoms with Gasteiger partial charge in [0.2, 0.25) is 11.9 Å². The highest BCUT2D eigenvalue weighted by Gasteiger charge is 2.09. The first kappa shape index (κ1) is 19.3. The average molecular weight is 396 g/mol. The molecule has 8 heteroatoms. The Labute approximate surface area is 167 Å². The molecule has 142 valence electrons. The van der Waals surface area contributed by atoms with Crippen LogP contribution in [-0.4, -0.2) is 21.8 Å². The minimum Gasteiger partial charge on any atom is -0.326 e. The summed E-state index contributed by atoms with van der Waals surface area (Å²) >= 11 is 5.95. The molecule has 0 unspecified atom stereocenters. The minimum atomic E-state index is -0.332. The number of nitrogens with one attached hydrogen (secondary N) is 3. The van der Waals surface area contributed by atoms with Crippen LogP contribution in [-0.2, 0) is 4.79 Å². The standard InChI is InChI=1S/C20H18ClN5O2/c1-12-9-15(21)3-8-18(12)26-20-22-10-14(11-23-20)19(28)25-17-6-4-16(5-7-17)24-13(2)27/h3-11H,1-2H3,(H,24,27)(H,25,28)(H,22,23,26). The molecule has 0 aliphatic rings. The predicted molar refractivity (Wildman–Crippen MR) is 110 cm³/mol. The molecule has 2 amide bonds. The van der Waals surface area contributed by atoms with Gasteiger partial charge in [-0.25, -0.2) is 9.97 Å². The van der Waals surface area contributed by atoms with Crippen molar-refractivity contribution < 1.29 is 9.59 Å². The molecule has 3 aromatic rings. The van der Waals surface area contributed by atoms with Crippen molar-refractivity contribution in [1.29, 1.82) is 0 Å². The van der Waals surface area contributed by atoms with Gasteiger partial charge in [-0.1, -0.05) is 11.6 Å². The summed E-state index contributed by atoms with van der Waals surface area (Å²) < 4.78 is 0. The third kappa shape index (κ3) is 5.05. The highest BCUT2D eigenvalue weighted by molar-refractivity contribution is 6.30. The maximum atomic E-state index is 12.3. The zero-order valence-corrected chi connectivity index (χ0v) is 16.0. The third-order valence-electron chi connectivity index (χ3n) is 3.81. The molecule has 0 fully saturated rings. The van der Waals surface area contributed by atoms with Gasteiger partial charge in [-0.2, -0.15) is 0 Å². The highest BCUT2D eigenvalue weighted by Crippen LogP contribution is 2.22. The smallest absolute Gasteiger partial charge is 0.258 e. The number of aromatic nitrogens is 2. The van der Waals surface area contributed by atoms with Crippen molar-refractivity contribution >= 4 is 46.4 Å². The van der Waals surface area contributed by atoms with E-state index in [9.17, 15) is 9.59 Å². The second-order valence-electron chi connectivity index (χ2n) is 6.09. The lowest BCUT2D eigenvalue weighted by Crippen LogP contribution is -2.13. The molecule has 0 saturated heterocycles. The van der Waals surface area contributed by atoms with Crippen molar-refractivity contribution in [3.63, 3.8) is 0 Å². The third-order valence-corrected chi connectivity index (χ3v) is 4.05. The van der Waals surface area contributed by atoms with Crippen LogP contribution in [0.15, 0.2) is 54.9 Å². The Bertz CT molecular complexity index is 1000. The van der Waals surface area contributed by atoms with Crippen molar-refractivity contribution in [3.05, 3.63) is 71.0 Å². The quantitative estimate of drug-likeness (QED) is 0.595. The van der Waals surface area contributed by atoms with Crippen LogP contribution in [0.1, 0.15) is 22.8 Å². The van der Waals surface area contributed by atoms with Crippen molar-refractivity contribution in [2.24, 2.45) is 0 Å². The molecule has 3 N–H and O–H groups in total. The Morgan fingerprint density at radius 3 is 2.11 bits per heavy atom. The number of carbonyl (C=O) groups excluding carboxylic acids is 2. The number of nitrogens with zero attached hydrogens (tertiary/aromatic N) is 2. The summed E-state index contributed by atoms with van der Waals surface area (Å²) in [5.41, 5.74) is 3.37. The Morgan fingerprint density at radius 1 is 0.929 bits per heavy atom. The lowest BCUT2D eigenvalue weighted by atomic mass is 10.2. The molecule has 0 atom stereocenters. The van der Waals surface area contributed by atoms with E-state index in [1.165, 1.54) is 19.3 Å². The van der Waals surface area contributed by atoms with E-state index in [1.54, 1.807) is 30.3 Å². The van der Waals surface area contributed by atoms with E-state index >= 15 is 0 Å². The van der Waals surface area contributed by atoms with E-state index in [1.807, 2.05) is 19.1 Å². The second kappa shape index (κ2) is 8.49. The average Bonchev–Trinajstić information content (AvgIpc) is 2.66. The normalized spacial score (nSPS) is 10.2. The van der Waals surface area contributed by atoms with Gasteiger partial charge in [-0.05, 0) is 55.0 Å². The summed E-state index contributed by atoms with van der Waals surface area (Å²) in [5, 5.41) is 9.16. The fraction of sp³-hybridized carbons (Fsp3) is 0.100. The summed E-state index contributed by atoms with van der Waals surface area (Å²) in [4.78, 5) is 31.7. The molecule has 28 heavy (non-hydrogen) atoms. The molecule has 7 nitrogen and oxygen atoms in total. The molecule has 0 radical (unpaired) electrons. The van der Waals surface area contributed by atoms with E-state index in [0.717, 1.165) is 11.3 Å². The largest absolute Gasteiger partial charge is 0.326 e. The molecule has 3 rings (SSSR count). The van der Waals surface area contributed by atoms with Crippen LogP contribution in [0.5, 0.6) is 0 Å². The van der Waals surface area contributed by atoms with Crippen LogP contribution in [0.4, 0.5) is 23.0 Å². The zero-order valence-electron chi connectivity index (χ0n) is 15.3. The fourth-order valence-corrected chi connectivity index (χ4v) is 2.67. The van der Waals surface area contributed by atoms with Gasteiger partial charge >= 0.3 is 0 Å². The number of anilines is 4. The number of hydrogen-bond donors (Lipinski definition) is 3. The SMILES string of the molecule is CC(=O)Nc1ccc(NC(=O)c2cnc(Nc3ccc(Cl)cc3C)nc2)cc1. The van der Waals surface area contributed by atoms with Crippen molar-refractivity contribution in [2.75, 3.05) is 16.0 Å². The van der Waals surface area contributed by atoms with Crippen LogP contribution in [0.25, 0.3) is 0 Å². The van der Waals surface area contributed by atoms with Gasteiger partial charge in [-0.15, -0.1) is 0 Å². The van der Waals surface area contributed by atoms with E-state index < -0.39 is 0 Å². The van der Waals surface area contributed by atoms with Gasteiger partial charge in [0.25, 0.3) is 5.91 Å². The van der Waals surface area contributed by atoms with E-state index in [-0.39, 0.29) is 11.8 Å². The zero-order chi connectivity index (χ0) is 20.1. The van der Waals surface area contributed by atoms with Crippen LogP contribution in [0.2, 0.25) is 5.02 Å². The molecule has 0 bridgehead atoms. The fourth-order valence-electron chi connectivity index (χ4n) is 2.44. The summed E-state index contributed by atoms with van der Waals surface area (Å²) in [6.45, 7) is 3.36. The number of rotatable bonds is 5. The molecule has 2 aromatic carbocycles. The first-order valence-electron chi connectivity index (χ1n) is 8.45. The summed E-state index contributed by atoms with van der Waals surface area (Å²) in [6.07, 6.45) is 2.89. The van der Waals surface area contributed by atoms with E-state index in [4.69, 9.17) is 11.6 Å². The number of amides is 2. The van der Waals surface area contributed by atoms with E-state index in [2.05, 4.69) is 25.9 Å². The Balaban J connectivity index is 1.64. The van der Waals surface area contributed by atoms with Gasteiger partial charge in [0, 0.05) is 41.4 Å². The van der Waals surface area contributed by atoms with Crippen LogP contribution < -0.4 is 16.0 Å². The van der Waals surface area contributed by atoms with Crippen LogP contribution in [0, 0.1) is 6.92 Å². The molecule has 0 aliphatic carbocycles. The topological polar surface area (TPSA) is 96.0 Å². The van der Waals surface area contributed by atoms with E-state index in [0.29, 0.717) is 27.9 Å². The lowest BCUT2D eigenvalue weighted by Gasteiger charge is -2.09. The van der Waals surface area contributed by atoms with Gasteiger partial charge in [0.05, 0.1) is 5.56 Å². The van der Waals surface area contributed by atoms with Crippen molar-refractivity contribution in [2.45, 2.75) is 13.8 Å². The molecular formula is C20H18ClN5O2. The van der Waals surface area contributed by atoms with Gasteiger partial charge in [-0.3, -0.25) is 9.59 Å². The summed E-state index contributed by atoms with van der Waals surface area (Å²) in [7, 11) is 0. The predicted octanol–water partition coefficient (Wildman–Crippen LogP) is 4.39. The maximum Gasteiger partial charge on any atom is 0.258 e. The second-order valence-corrected chi connectivity index (χ2v) is 6.53. The van der Waals surface area contributed by atoms with Crippen molar-refractivity contribution in [3.8, 4) is 0 Å². The van der Waals surface area contributed by atoms with Crippen LogP contribution in [0.3, 0.4) is 0 Å². The minimum absolute atomic E-state index is 0.156. The Hall–Kier alpha value is -3.45. The monoisotopic (exact) mass is 395 g/mol. The molecule has 0 spiro atoms. The molecule has 1 heterocycles. The number of hydrogen-bond acceptors (Lipinski definition) is 5. The summed E-state index contributed by atoms with van der Waals surface area (Å²) in [5.74, 6) is -0.112. The van der Waals surface area contributed by atoms with Crippen molar-refractivity contribution in [1.82, 2.24) is 9.97 Å². The number of carbonyl (C=O) groups is 2. The highest BCUT2D eigenvalue weighted by atomic mass is 35.5. The number of benzene rings is 2. The summed E-state index contributed by atoms with van der Waals surface area (Å²) in [6, 6.07) is 12.3. The maximum absolute atomic E-state index is 12.3. The number of aryl methyl sites for hydroxylation is 1. The Morgan fingerprint density at radius 2 is 1.54 bits per heavy atom. The lowest BCUT2D eigenvalue weighted by molar-refractivity contribution is -0.114. The molecule has 1 aromatic heterocycles. The Kier molecular flexibility index (Phi) is 5.86. The van der Waals surface area contributed by atoms with Gasteiger partial charge in [0.1, 0.15) is 0 Å². The van der Waals surface area contributed by atoms with Gasteiger partial charge < -0.3 is 16.0 Å².